The summed E-state index contributed by atoms with van der Waals surface area (Å²) in [5.74, 6) is 0.0986. The van der Waals surface area contributed by atoms with E-state index in [1.165, 1.54) is 36.7 Å². The Morgan fingerprint density at radius 3 is 2.33 bits per heavy atom. The maximum atomic E-state index is 13.1. The average Bonchev–Trinajstić information content (AvgIpc) is 2.59. The van der Waals surface area contributed by atoms with Gasteiger partial charge in [0.15, 0.2) is 11.5 Å². The lowest BCUT2D eigenvalue weighted by atomic mass is 9.95. The molecule has 1 aromatic rings. The van der Waals surface area contributed by atoms with E-state index in [9.17, 15) is 13.2 Å². The van der Waals surface area contributed by atoms with Crippen molar-refractivity contribution in [1.82, 2.24) is 4.31 Å². The van der Waals surface area contributed by atoms with E-state index in [4.69, 9.17) is 15.2 Å². The van der Waals surface area contributed by atoms with Gasteiger partial charge in [-0.1, -0.05) is 19.3 Å². The Morgan fingerprint density at radius 2 is 1.79 bits per heavy atom. The monoisotopic (exact) mass is 356 g/mol. The minimum atomic E-state index is -3.86. The summed E-state index contributed by atoms with van der Waals surface area (Å²) in [6, 6.07) is 4.19. The molecule has 0 heterocycles. The first-order valence-electron chi connectivity index (χ1n) is 7.92. The number of methoxy groups -OCH3 is 2. The van der Waals surface area contributed by atoms with Gasteiger partial charge in [-0.05, 0) is 25.0 Å². The van der Waals surface area contributed by atoms with Crippen molar-refractivity contribution in [3.8, 4) is 11.5 Å². The molecular weight excluding hydrogens is 332 g/mol. The van der Waals surface area contributed by atoms with Crippen molar-refractivity contribution in [3.63, 3.8) is 0 Å². The van der Waals surface area contributed by atoms with Gasteiger partial charge >= 0.3 is 0 Å². The van der Waals surface area contributed by atoms with Crippen LogP contribution in [0.1, 0.15) is 32.1 Å². The average molecular weight is 356 g/mol. The zero-order chi connectivity index (χ0) is 17.7. The Kier molecular flexibility index (Phi) is 6.06. The van der Waals surface area contributed by atoms with E-state index in [0.29, 0.717) is 11.5 Å². The summed E-state index contributed by atoms with van der Waals surface area (Å²) in [5.41, 5.74) is 5.29. The van der Waals surface area contributed by atoms with E-state index in [-0.39, 0.29) is 17.5 Å². The molecule has 7 nitrogen and oxygen atoms in total. The van der Waals surface area contributed by atoms with E-state index >= 15 is 0 Å². The summed E-state index contributed by atoms with van der Waals surface area (Å²) < 4.78 is 37.7. The number of benzene rings is 1. The molecule has 1 aromatic carbocycles. The molecule has 24 heavy (non-hydrogen) atoms. The van der Waals surface area contributed by atoms with Gasteiger partial charge < -0.3 is 15.2 Å². The molecule has 1 amide bonds. The first-order chi connectivity index (χ1) is 11.4. The highest BCUT2D eigenvalue weighted by Gasteiger charge is 2.34. The molecule has 8 heteroatoms. The number of ether oxygens (including phenoxy) is 2. The highest BCUT2D eigenvalue weighted by atomic mass is 32.2. The Balaban J connectivity index is 2.41. The zero-order valence-corrected chi connectivity index (χ0v) is 14.8. The first kappa shape index (κ1) is 18.5. The summed E-state index contributed by atoms with van der Waals surface area (Å²) in [7, 11) is -0.936. The number of rotatable bonds is 7. The van der Waals surface area contributed by atoms with Gasteiger partial charge in [-0.2, -0.15) is 4.31 Å². The molecule has 0 radical (unpaired) electrons. The molecule has 2 N–H and O–H groups in total. The lowest BCUT2D eigenvalue weighted by molar-refractivity contribution is -0.118. The standard InChI is InChI=1S/C16H24N2O5S/c1-22-14-9-8-13(10-15(14)23-2)24(20,21)18(11-16(17)19)12-6-4-3-5-7-12/h8-10,12H,3-7,11H2,1-2H3,(H2,17,19). The number of carbonyl (C=O) groups excluding carboxylic acids is 1. The van der Waals surface area contributed by atoms with Crippen LogP contribution in [0.25, 0.3) is 0 Å². The molecule has 0 atom stereocenters. The van der Waals surface area contributed by atoms with Gasteiger partial charge in [0, 0.05) is 12.1 Å². The third kappa shape index (κ3) is 3.99. The summed E-state index contributed by atoms with van der Waals surface area (Å²) in [4.78, 5) is 11.5. The summed E-state index contributed by atoms with van der Waals surface area (Å²) >= 11 is 0. The largest absolute Gasteiger partial charge is 0.493 e. The van der Waals surface area contributed by atoms with Gasteiger partial charge in [0.05, 0.1) is 25.7 Å². The quantitative estimate of drug-likeness (QED) is 0.798. The number of nitrogens with zero attached hydrogens (tertiary/aromatic N) is 1. The Hall–Kier alpha value is -1.80. The minimum absolute atomic E-state index is 0.0620. The lowest BCUT2D eigenvalue weighted by Gasteiger charge is -2.32. The van der Waals surface area contributed by atoms with Crippen molar-refractivity contribution in [2.24, 2.45) is 5.73 Å². The van der Waals surface area contributed by atoms with Crippen LogP contribution in [0.5, 0.6) is 11.5 Å². The Bertz CT molecular complexity index is 684. The Morgan fingerprint density at radius 1 is 1.17 bits per heavy atom. The Labute approximate surface area is 142 Å². The third-order valence-corrected chi connectivity index (χ3v) is 6.15. The van der Waals surface area contributed by atoms with Crippen molar-refractivity contribution in [2.45, 2.75) is 43.0 Å². The van der Waals surface area contributed by atoms with Gasteiger partial charge in [-0.15, -0.1) is 0 Å². The van der Waals surface area contributed by atoms with Crippen LogP contribution in [-0.2, 0) is 14.8 Å². The van der Waals surface area contributed by atoms with Crippen LogP contribution in [0.3, 0.4) is 0 Å². The molecule has 1 aliphatic rings. The smallest absolute Gasteiger partial charge is 0.243 e. The van der Waals surface area contributed by atoms with Crippen molar-refractivity contribution in [1.29, 1.82) is 0 Å². The predicted molar refractivity (Wildman–Crippen MR) is 89.5 cm³/mol. The molecule has 0 aromatic heterocycles. The van der Waals surface area contributed by atoms with Crippen LogP contribution in [0.2, 0.25) is 0 Å². The van der Waals surface area contributed by atoms with Gasteiger partial charge in [0.1, 0.15) is 0 Å². The van der Waals surface area contributed by atoms with Crippen LogP contribution in [0.4, 0.5) is 0 Å². The third-order valence-electron chi connectivity index (χ3n) is 4.26. The molecule has 134 valence electrons. The maximum Gasteiger partial charge on any atom is 0.243 e. The van der Waals surface area contributed by atoms with Gasteiger partial charge in [0.2, 0.25) is 15.9 Å². The molecule has 0 saturated heterocycles. The normalized spacial score (nSPS) is 16.1. The second-order valence-electron chi connectivity index (χ2n) is 5.83. The molecule has 1 saturated carbocycles. The molecule has 1 fully saturated rings. The number of hydrogen-bond donors (Lipinski definition) is 1. The number of carbonyl (C=O) groups is 1. The highest BCUT2D eigenvalue weighted by Crippen LogP contribution is 2.33. The predicted octanol–water partition coefficient (Wildman–Crippen LogP) is 1.51. The van der Waals surface area contributed by atoms with Gasteiger partial charge in [-0.3, -0.25) is 4.79 Å². The summed E-state index contributed by atoms with van der Waals surface area (Å²) in [5, 5.41) is 0. The van der Waals surface area contributed by atoms with Crippen molar-refractivity contribution >= 4 is 15.9 Å². The van der Waals surface area contributed by atoms with Crippen LogP contribution in [0, 0.1) is 0 Å². The van der Waals surface area contributed by atoms with Crippen molar-refractivity contribution < 1.29 is 22.7 Å². The van der Waals surface area contributed by atoms with E-state index in [1.54, 1.807) is 0 Å². The van der Waals surface area contributed by atoms with Gasteiger partial charge in [0.25, 0.3) is 0 Å². The number of sulfonamides is 1. The number of hydrogen-bond acceptors (Lipinski definition) is 5. The number of amides is 1. The van der Waals surface area contributed by atoms with Gasteiger partial charge in [-0.25, -0.2) is 8.42 Å². The molecular formula is C16H24N2O5S. The van der Waals surface area contributed by atoms with Crippen LogP contribution < -0.4 is 15.2 Å². The SMILES string of the molecule is COc1ccc(S(=O)(=O)N(CC(N)=O)C2CCCCC2)cc1OC. The molecule has 0 bridgehead atoms. The lowest BCUT2D eigenvalue weighted by Crippen LogP contribution is -2.45. The molecule has 0 spiro atoms. The summed E-state index contributed by atoms with van der Waals surface area (Å²) in [6.45, 7) is -0.318. The molecule has 0 aliphatic heterocycles. The van der Waals surface area contributed by atoms with E-state index in [2.05, 4.69) is 0 Å². The fraction of sp³-hybridized carbons (Fsp3) is 0.562. The van der Waals surface area contributed by atoms with Crippen LogP contribution >= 0.6 is 0 Å². The van der Waals surface area contributed by atoms with Crippen LogP contribution in [0.15, 0.2) is 23.1 Å². The molecule has 0 unspecified atom stereocenters. The molecule has 1 aliphatic carbocycles. The summed E-state index contributed by atoms with van der Waals surface area (Å²) in [6.07, 6.45) is 4.44. The zero-order valence-electron chi connectivity index (χ0n) is 14.0. The van der Waals surface area contributed by atoms with E-state index in [0.717, 1.165) is 32.1 Å². The second kappa shape index (κ2) is 7.85. The van der Waals surface area contributed by atoms with E-state index in [1.807, 2.05) is 0 Å². The maximum absolute atomic E-state index is 13.1. The fourth-order valence-corrected chi connectivity index (χ4v) is 4.71. The highest BCUT2D eigenvalue weighted by molar-refractivity contribution is 7.89. The molecule has 2 rings (SSSR count). The second-order valence-corrected chi connectivity index (χ2v) is 7.72. The minimum Gasteiger partial charge on any atom is -0.493 e. The topological polar surface area (TPSA) is 98.9 Å². The van der Waals surface area contributed by atoms with E-state index < -0.39 is 15.9 Å². The fourth-order valence-electron chi connectivity index (χ4n) is 3.05. The van der Waals surface area contributed by atoms with Crippen LogP contribution in [-0.4, -0.2) is 45.4 Å². The first-order valence-corrected chi connectivity index (χ1v) is 9.36. The van der Waals surface area contributed by atoms with Crippen molar-refractivity contribution in [2.75, 3.05) is 20.8 Å². The van der Waals surface area contributed by atoms with Crippen molar-refractivity contribution in [3.05, 3.63) is 18.2 Å². The number of nitrogens with two attached hydrogens (primary N) is 1. The number of primary amides is 1.